The van der Waals surface area contributed by atoms with Gasteiger partial charge in [0.15, 0.2) is 0 Å². The van der Waals surface area contributed by atoms with E-state index < -0.39 is 10.8 Å². The second kappa shape index (κ2) is 8.26. The number of carbonyl (C=O) groups excluding carboxylic acids is 2. The maximum atomic E-state index is 12.4. The number of esters is 1. The van der Waals surface area contributed by atoms with Crippen molar-refractivity contribution in [3.8, 4) is 0 Å². The molecule has 0 saturated carbocycles. The molecule has 0 heterocycles. The van der Waals surface area contributed by atoms with Crippen LogP contribution in [0.3, 0.4) is 0 Å². The summed E-state index contributed by atoms with van der Waals surface area (Å²) in [7, 11) is 1.32. The first-order valence-corrected chi connectivity index (χ1v) is 8.68. The molecule has 0 saturated heterocycles. The van der Waals surface area contributed by atoms with Gasteiger partial charge in [-0.2, -0.15) is 0 Å². The van der Waals surface area contributed by atoms with Crippen molar-refractivity contribution < 1.29 is 14.3 Å². The highest BCUT2D eigenvalue weighted by Crippen LogP contribution is 2.31. The summed E-state index contributed by atoms with van der Waals surface area (Å²) in [6, 6.07) is 16.3. The van der Waals surface area contributed by atoms with Gasteiger partial charge in [0.2, 0.25) is 5.91 Å². The molecule has 0 radical (unpaired) electrons. The molecule has 6 heteroatoms. The van der Waals surface area contributed by atoms with Crippen molar-refractivity contribution in [2.24, 2.45) is 0 Å². The van der Waals surface area contributed by atoms with E-state index in [0.717, 1.165) is 5.56 Å². The standard InChI is InChI=1S/C17H15Br2NO3/c1-23-17(22)12-8-5-9-13(10-12)20-16(21)15(19)14(18)11-6-3-2-4-7-11/h2-10,14-15H,1H3,(H,20,21)/t14-,15-/m1/s1. The summed E-state index contributed by atoms with van der Waals surface area (Å²) < 4.78 is 4.67. The van der Waals surface area contributed by atoms with Crippen molar-refractivity contribution in [2.75, 3.05) is 12.4 Å². The predicted molar refractivity (Wildman–Crippen MR) is 97.2 cm³/mol. The van der Waals surface area contributed by atoms with Gasteiger partial charge in [0, 0.05) is 5.69 Å². The first kappa shape index (κ1) is 17.7. The fourth-order valence-corrected chi connectivity index (χ4v) is 2.96. The quantitative estimate of drug-likeness (QED) is 0.556. The number of amides is 1. The molecular formula is C17H15Br2NO3. The smallest absolute Gasteiger partial charge is 0.337 e. The van der Waals surface area contributed by atoms with Crippen molar-refractivity contribution >= 4 is 49.4 Å². The van der Waals surface area contributed by atoms with E-state index in [-0.39, 0.29) is 10.7 Å². The monoisotopic (exact) mass is 439 g/mol. The lowest BCUT2D eigenvalue weighted by atomic mass is 10.1. The van der Waals surface area contributed by atoms with Gasteiger partial charge in [-0.25, -0.2) is 4.79 Å². The average molecular weight is 441 g/mol. The number of carbonyl (C=O) groups is 2. The summed E-state index contributed by atoms with van der Waals surface area (Å²) in [6.07, 6.45) is 0. The summed E-state index contributed by atoms with van der Waals surface area (Å²) in [5.41, 5.74) is 1.91. The highest BCUT2D eigenvalue weighted by Gasteiger charge is 2.25. The molecule has 2 aromatic rings. The average Bonchev–Trinajstić information content (AvgIpc) is 2.60. The number of benzene rings is 2. The minimum Gasteiger partial charge on any atom is -0.465 e. The third kappa shape index (κ3) is 4.65. The van der Waals surface area contributed by atoms with Crippen molar-refractivity contribution in [3.63, 3.8) is 0 Å². The minimum atomic E-state index is -0.466. The number of rotatable bonds is 5. The molecule has 1 amide bonds. The molecule has 2 atom stereocenters. The van der Waals surface area contributed by atoms with Crippen LogP contribution in [-0.4, -0.2) is 23.8 Å². The van der Waals surface area contributed by atoms with Crippen molar-refractivity contribution in [3.05, 3.63) is 65.7 Å². The lowest BCUT2D eigenvalue weighted by molar-refractivity contribution is -0.115. The first-order valence-electron chi connectivity index (χ1n) is 6.85. The Kier molecular flexibility index (Phi) is 6.36. The zero-order chi connectivity index (χ0) is 16.8. The van der Waals surface area contributed by atoms with Gasteiger partial charge in [-0.1, -0.05) is 68.3 Å². The van der Waals surface area contributed by atoms with Crippen LogP contribution in [-0.2, 0) is 9.53 Å². The third-order valence-electron chi connectivity index (χ3n) is 3.18. The van der Waals surface area contributed by atoms with Crippen LogP contribution in [0, 0.1) is 0 Å². The third-order valence-corrected chi connectivity index (χ3v) is 5.89. The second-order valence-corrected chi connectivity index (χ2v) is 6.75. The molecule has 0 aromatic heterocycles. The second-order valence-electron chi connectivity index (χ2n) is 4.78. The number of anilines is 1. The molecular weight excluding hydrogens is 426 g/mol. The Morgan fingerprint density at radius 2 is 1.74 bits per heavy atom. The van der Waals surface area contributed by atoms with E-state index in [0.29, 0.717) is 11.3 Å². The maximum absolute atomic E-state index is 12.4. The van der Waals surface area contributed by atoms with Gasteiger partial charge in [0.25, 0.3) is 0 Å². The Hall–Kier alpha value is -1.66. The Balaban J connectivity index is 2.08. The zero-order valence-electron chi connectivity index (χ0n) is 12.3. The van der Waals surface area contributed by atoms with Gasteiger partial charge in [0.05, 0.1) is 17.5 Å². The number of nitrogens with one attached hydrogen (secondary N) is 1. The minimum absolute atomic E-state index is 0.174. The lowest BCUT2D eigenvalue weighted by Crippen LogP contribution is -2.26. The molecule has 2 aromatic carbocycles. The van der Waals surface area contributed by atoms with E-state index >= 15 is 0 Å². The predicted octanol–water partition coefficient (Wildman–Crippen LogP) is 4.31. The van der Waals surface area contributed by atoms with Crippen LogP contribution in [0.1, 0.15) is 20.7 Å². The Morgan fingerprint density at radius 3 is 2.39 bits per heavy atom. The Labute approximate surface area is 151 Å². The molecule has 120 valence electrons. The van der Waals surface area contributed by atoms with Crippen LogP contribution in [0.5, 0.6) is 0 Å². The fourth-order valence-electron chi connectivity index (χ4n) is 1.99. The summed E-state index contributed by atoms with van der Waals surface area (Å²) in [4.78, 5) is 23.3. The number of hydrogen-bond donors (Lipinski definition) is 1. The van der Waals surface area contributed by atoms with E-state index in [9.17, 15) is 9.59 Å². The Bertz CT molecular complexity index is 691. The molecule has 0 spiro atoms. The van der Waals surface area contributed by atoms with E-state index in [1.165, 1.54) is 7.11 Å². The van der Waals surface area contributed by atoms with Gasteiger partial charge < -0.3 is 10.1 Å². The number of halogens is 2. The summed E-state index contributed by atoms with van der Waals surface area (Å²) in [5.74, 6) is -0.656. The highest BCUT2D eigenvalue weighted by atomic mass is 79.9. The normalized spacial score (nSPS) is 13.0. The largest absolute Gasteiger partial charge is 0.465 e. The van der Waals surface area contributed by atoms with E-state index in [1.807, 2.05) is 30.3 Å². The molecule has 23 heavy (non-hydrogen) atoms. The molecule has 0 aliphatic rings. The summed E-state index contributed by atoms with van der Waals surface area (Å²) in [6.45, 7) is 0. The van der Waals surface area contributed by atoms with Crippen LogP contribution in [0.2, 0.25) is 0 Å². The van der Waals surface area contributed by atoms with Crippen LogP contribution < -0.4 is 5.32 Å². The van der Waals surface area contributed by atoms with Gasteiger partial charge in [0.1, 0.15) is 4.83 Å². The number of alkyl halides is 2. The maximum Gasteiger partial charge on any atom is 0.337 e. The first-order chi connectivity index (χ1) is 11.0. The van der Waals surface area contributed by atoms with Crippen LogP contribution in [0.4, 0.5) is 5.69 Å². The number of methoxy groups -OCH3 is 1. The molecule has 0 aliphatic heterocycles. The van der Waals surface area contributed by atoms with Crippen molar-refractivity contribution in [1.29, 1.82) is 0 Å². The number of hydrogen-bond acceptors (Lipinski definition) is 3. The van der Waals surface area contributed by atoms with Crippen LogP contribution >= 0.6 is 31.9 Å². The Morgan fingerprint density at radius 1 is 1.04 bits per heavy atom. The molecule has 2 rings (SSSR count). The SMILES string of the molecule is COC(=O)c1cccc(NC(=O)[C@H](Br)[C@H](Br)c2ccccc2)c1. The van der Waals surface area contributed by atoms with Gasteiger partial charge in [-0.05, 0) is 23.8 Å². The zero-order valence-corrected chi connectivity index (χ0v) is 15.5. The van der Waals surface area contributed by atoms with E-state index in [4.69, 9.17) is 0 Å². The van der Waals surface area contributed by atoms with Gasteiger partial charge >= 0.3 is 5.97 Å². The highest BCUT2D eigenvalue weighted by molar-refractivity contribution is 9.12. The van der Waals surface area contributed by atoms with Crippen molar-refractivity contribution in [2.45, 2.75) is 9.65 Å². The van der Waals surface area contributed by atoms with Gasteiger partial charge in [-0.3, -0.25) is 4.79 Å². The van der Waals surface area contributed by atoms with Crippen molar-refractivity contribution in [1.82, 2.24) is 0 Å². The number of ether oxygens (including phenoxy) is 1. The summed E-state index contributed by atoms with van der Waals surface area (Å²) in [5, 5.41) is 2.79. The molecule has 0 bridgehead atoms. The molecule has 0 aliphatic carbocycles. The van der Waals surface area contributed by atoms with Gasteiger partial charge in [-0.15, -0.1) is 0 Å². The molecule has 0 fully saturated rings. The summed E-state index contributed by atoms with van der Waals surface area (Å²) >= 11 is 6.95. The van der Waals surface area contributed by atoms with Crippen LogP contribution in [0.15, 0.2) is 54.6 Å². The molecule has 4 nitrogen and oxygen atoms in total. The molecule has 1 N–H and O–H groups in total. The van der Waals surface area contributed by atoms with Crippen LogP contribution in [0.25, 0.3) is 0 Å². The lowest BCUT2D eigenvalue weighted by Gasteiger charge is -2.17. The topological polar surface area (TPSA) is 55.4 Å². The van der Waals surface area contributed by atoms with E-state index in [1.54, 1.807) is 24.3 Å². The fraction of sp³-hybridized carbons (Fsp3) is 0.176. The van der Waals surface area contributed by atoms with E-state index in [2.05, 4.69) is 41.9 Å². The molecule has 0 unspecified atom stereocenters.